The van der Waals surface area contributed by atoms with E-state index >= 15 is 0 Å². The van der Waals surface area contributed by atoms with Gasteiger partial charge in [0.1, 0.15) is 5.76 Å². The quantitative estimate of drug-likeness (QED) is 0.427. The van der Waals surface area contributed by atoms with E-state index in [1.807, 2.05) is 32.9 Å². The number of carbonyl (C=O) groups is 1. The minimum absolute atomic E-state index is 0.0272. The van der Waals surface area contributed by atoms with E-state index in [-0.39, 0.29) is 5.78 Å². The molecule has 0 aliphatic heterocycles. The largest absolute Gasteiger partial charge is 0.469 e. The molecule has 1 heterocycles. The van der Waals surface area contributed by atoms with E-state index in [0.717, 1.165) is 11.1 Å². The third kappa shape index (κ3) is 2.27. The van der Waals surface area contributed by atoms with E-state index in [2.05, 4.69) is 0 Å². The molecule has 0 radical (unpaired) electrons. The molecule has 0 unspecified atom stereocenters. The van der Waals surface area contributed by atoms with Crippen LogP contribution in [0.15, 0.2) is 40.0 Å². The molecule has 0 aliphatic rings. The molecule has 0 aromatic carbocycles. The van der Waals surface area contributed by atoms with Crippen LogP contribution in [0.2, 0.25) is 0 Å². The first-order valence-corrected chi connectivity index (χ1v) is 5.00. The Bertz CT molecular complexity index is 419. The fourth-order valence-corrected chi connectivity index (χ4v) is 1.46. The van der Waals surface area contributed by atoms with Gasteiger partial charge in [-0.15, -0.1) is 0 Å². The van der Waals surface area contributed by atoms with Crippen molar-refractivity contribution < 1.29 is 9.21 Å². The Kier molecular flexibility index (Phi) is 3.67. The summed E-state index contributed by atoms with van der Waals surface area (Å²) in [6.07, 6.45) is 5.31. The smallest absolute Gasteiger partial charge is 0.196 e. The highest BCUT2D eigenvalue weighted by Gasteiger charge is 2.16. The number of hydrogen-bond donors (Lipinski definition) is 0. The molecule has 2 nitrogen and oxygen atoms in total. The van der Waals surface area contributed by atoms with Gasteiger partial charge in [-0.1, -0.05) is 12.2 Å². The zero-order valence-electron chi connectivity index (χ0n) is 9.63. The van der Waals surface area contributed by atoms with Crippen LogP contribution in [0.3, 0.4) is 0 Å². The minimum Gasteiger partial charge on any atom is -0.469 e. The number of aryl methyl sites for hydroxylation is 1. The molecule has 1 rings (SSSR count). The Morgan fingerprint density at radius 2 is 2.00 bits per heavy atom. The zero-order chi connectivity index (χ0) is 11.4. The second-order valence-electron chi connectivity index (χ2n) is 3.39. The van der Waals surface area contributed by atoms with E-state index < -0.39 is 0 Å². The van der Waals surface area contributed by atoms with E-state index in [9.17, 15) is 4.79 Å². The Morgan fingerprint density at radius 3 is 2.40 bits per heavy atom. The number of carbonyl (C=O) groups excluding carboxylic acids is 1. The molecule has 1 aromatic heterocycles. The summed E-state index contributed by atoms with van der Waals surface area (Å²) in [5.41, 5.74) is 2.37. The molecule has 0 bridgehead atoms. The van der Waals surface area contributed by atoms with Crippen molar-refractivity contribution in [1.29, 1.82) is 0 Å². The number of rotatable bonds is 3. The number of ketones is 1. The van der Waals surface area contributed by atoms with Crippen LogP contribution < -0.4 is 0 Å². The molecule has 0 atom stereocenters. The lowest BCUT2D eigenvalue weighted by atomic mass is 9.98. The van der Waals surface area contributed by atoms with Gasteiger partial charge < -0.3 is 4.42 Å². The summed E-state index contributed by atoms with van der Waals surface area (Å²) < 4.78 is 5.13. The maximum Gasteiger partial charge on any atom is 0.196 e. The van der Waals surface area contributed by atoms with Crippen LogP contribution in [0, 0.1) is 6.92 Å². The molecular formula is C13H16O2. The Hall–Kier alpha value is -1.57. The predicted octanol–water partition coefficient (Wildman–Crippen LogP) is 3.68. The van der Waals surface area contributed by atoms with E-state index in [1.54, 1.807) is 19.3 Å². The number of furan rings is 1. The summed E-state index contributed by atoms with van der Waals surface area (Å²) in [7, 11) is 0. The molecule has 0 spiro atoms. The number of hydrogen-bond acceptors (Lipinski definition) is 2. The van der Waals surface area contributed by atoms with Crippen LogP contribution in [0.25, 0.3) is 0 Å². The molecular weight excluding hydrogens is 188 g/mol. The lowest BCUT2D eigenvalue weighted by molar-refractivity contribution is 0.103. The molecule has 0 fully saturated rings. The molecule has 0 amide bonds. The highest BCUT2D eigenvalue weighted by Crippen LogP contribution is 2.19. The predicted molar refractivity (Wildman–Crippen MR) is 61.0 cm³/mol. The molecule has 15 heavy (non-hydrogen) atoms. The summed E-state index contributed by atoms with van der Waals surface area (Å²) in [6, 6.07) is 1.71. The SMILES string of the molecule is CC=C(C)C(=CC)C(=O)c1ccoc1C. The van der Waals surface area contributed by atoms with Crippen molar-refractivity contribution in [3.05, 3.63) is 47.0 Å². The summed E-state index contributed by atoms with van der Waals surface area (Å²) in [6.45, 7) is 7.53. The van der Waals surface area contributed by atoms with Crippen molar-refractivity contribution in [1.82, 2.24) is 0 Å². The highest BCUT2D eigenvalue weighted by molar-refractivity contribution is 6.11. The topological polar surface area (TPSA) is 30.2 Å². The molecule has 0 aliphatic carbocycles. The summed E-state index contributed by atoms with van der Waals surface area (Å²) in [5.74, 6) is 0.697. The lowest BCUT2D eigenvalue weighted by Gasteiger charge is -2.04. The number of Topliss-reactive ketones (excluding diaryl/α,β-unsaturated/α-hetero) is 1. The zero-order valence-corrected chi connectivity index (χ0v) is 9.63. The first-order valence-electron chi connectivity index (χ1n) is 5.00. The van der Waals surface area contributed by atoms with Gasteiger partial charge >= 0.3 is 0 Å². The van der Waals surface area contributed by atoms with Crippen molar-refractivity contribution in [2.75, 3.05) is 0 Å². The highest BCUT2D eigenvalue weighted by atomic mass is 16.3. The van der Waals surface area contributed by atoms with Gasteiger partial charge in [-0.3, -0.25) is 4.79 Å². The maximum absolute atomic E-state index is 12.1. The van der Waals surface area contributed by atoms with Crippen molar-refractivity contribution in [3.8, 4) is 0 Å². The van der Waals surface area contributed by atoms with Crippen molar-refractivity contribution in [3.63, 3.8) is 0 Å². The second kappa shape index (κ2) is 4.78. The molecule has 0 saturated carbocycles. The number of allylic oxidation sites excluding steroid dienone is 4. The van der Waals surface area contributed by atoms with Crippen LogP contribution in [0.5, 0.6) is 0 Å². The van der Waals surface area contributed by atoms with Gasteiger partial charge in [-0.2, -0.15) is 0 Å². The van der Waals surface area contributed by atoms with Gasteiger partial charge in [0, 0.05) is 5.57 Å². The third-order valence-corrected chi connectivity index (χ3v) is 2.49. The van der Waals surface area contributed by atoms with E-state index in [0.29, 0.717) is 11.3 Å². The minimum atomic E-state index is 0.0272. The van der Waals surface area contributed by atoms with Gasteiger partial charge in [0.05, 0.1) is 11.8 Å². The standard InChI is InChI=1S/C13H16O2/c1-5-9(3)11(6-2)13(14)12-7-8-15-10(12)4/h5-8H,1-4H3. The molecule has 80 valence electrons. The van der Waals surface area contributed by atoms with Crippen LogP contribution in [0.1, 0.15) is 36.9 Å². The average molecular weight is 204 g/mol. The summed E-state index contributed by atoms with van der Waals surface area (Å²) >= 11 is 0. The van der Waals surface area contributed by atoms with E-state index in [1.165, 1.54) is 0 Å². The van der Waals surface area contributed by atoms with Gasteiger partial charge in [-0.05, 0) is 39.3 Å². The second-order valence-corrected chi connectivity index (χ2v) is 3.39. The van der Waals surface area contributed by atoms with E-state index in [4.69, 9.17) is 4.42 Å². The fourth-order valence-electron chi connectivity index (χ4n) is 1.46. The first kappa shape index (κ1) is 11.5. The van der Waals surface area contributed by atoms with Crippen LogP contribution in [-0.2, 0) is 0 Å². The summed E-state index contributed by atoms with van der Waals surface area (Å²) in [5, 5.41) is 0. The molecule has 1 aromatic rings. The lowest BCUT2D eigenvalue weighted by Crippen LogP contribution is -2.04. The van der Waals surface area contributed by atoms with Crippen molar-refractivity contribution in [2.24, 2.45) is 0 Å². The van der Waals surface area contributed by atoms with Crippen LogP contribution in [-0.4, -0.2) is 5.78 Å². The van der Waals surface area contributed by atoms with Gasteiger partial charge in [0.2, 0.25) is 0 Å². The normalized spacial score (nSPS) is 13.1. The van der Waals surface area contributed by atoms with Crippen LogP contribution in [0.4, 0.5) is 0 Å². The van der Waals surface area contributed by atoms with Crippen LogP contribution >= 0.6 is 0 Å². The Balaban J connectivity index is 3.10. The van der Waals surface area contributed by atoms with Gasteiger partial charge in [0.15, 0.2) is 5.78 Å². The van der Waals surface area contributed by atoms with Crippen molar-refractivity contribution in [2.45, 2.75) is 27.7 Å². The summed E-state index contributed by atoms with van der Waals surface area (Å²) in [4.78, 5) is 12.1. The Labute approximate surface area is 90.3 Å². The molecule has 0 saturated heterocycles. The van der Waals surface area contributed by atoms with Crippen molar-refractivity contribution >= 4 is 5.78 Å². The average Bonchev–Trinajstić information content (AvgIpc) is 2.65. The van der Waals surface area contributed by atoms with Gasteiger partial charge in [-0.25, -0.2) is 0 Å². The maximum atomic E-state index is 12.1. The molecule has 0 N–H and O–H groups in total. The third-order valence-electron chi connectivity index (χ3n) is 2.49. The Morgan fingerprint density at radius 1 is 1.33 bits per heavy atom. The fraction of sp³-hybridized carbons (Fsp3) is 0.308. The first-order chi connectivity index (χ1) is 7.11. The van der Waals surface area contributed by atoms with Gasteiger partial charge in [0.25, 0.3) is 0 Å². The molecule has 2 heteroatoms. The monoisotopic (exact) mass is 204 g/mol.